The third-order valence-electron chi connectivity index (χ3n) is 6.70. The minimum atomic E-state index is -0.942. The van der Waals surface area contributed by atoms with E-state index in [1.54, 1.807) is 27.6 Å². The number of fused-ring (bicyclic) bond motifs is 2. The fraction of sp³-hybridized carbons (Fsp3) is 0.280. The second kappa shape index (κ2) is 9.04. The number of carboxylic acid groups (broad SMARTS) is 1. The van der Waals surface area contributed by atoms with Gasteiger partial charge in [-0.05, 0) is 24.6 Å². The van der Waals surface area contributed by atoms with Crippen LogP contribution in [0.1, 0.15) is 19.4 Å². The minimum absolute atomic E-state index is 0.131. The first-order valence-electron chi connectivity index (χ1n) is 12.1. The quantitative estimate of drug-likeness (QED) is 0.358. The molecule has 1 fully saturated rings. The Hall–Kier alpha value is -4.74. The Morgan fingerprint density at radius 1 is 1.00 bits per heavy atom. The molecule has 1 unspecified atom stereocenters. The Labute approximate surface area is 211 Å². The van der Waals surface area contributed by atoms with Crippen molar-refractivity contribution in [1.29, 1.82) is 0 Å². The van der Waals surface area contributed by atoms with E-state index >= 15 is 0 Å². The van der Waals surface area contributed by atoms with Crippen LogP contribution in [0.25, 0.3) is 27.9 Å². The first-order valence-corrected chi connectivity index (χ1v) is 12.1. The summed E-state index contributed by atoms with van der Waals surface area (Å²) in [5, 5.41) is 24.9. The van der Waals surface area contributed by atoms with Gasteiger partial charge in [-0.1, -0.05) is 25.1 Å². The van der Waals surface area contributed by atoms with Gasteiger partial charge in [0, 0.05) is 31.6 Å². The van der Waals surface area contributed by atoms with E-state index in [9.17, 15) is 15.0 Å². The molecule has 0 bridgehead atoms. The molecule has 188 valence electrons. The normalized spacial score (nSPS) is 14.9. The number of anilines is 2. The highest BCUT2D eigenvalue weighted by atomic mass is 16.4. The monoisotopic (exact) mass is 499 g/mol. The van der Waals surface area contributed by atoms with Crippen molar-refractivity contribution in [3.05, 3.63) is 55.1 Å². The Morgan fingerprint density at radius 3 is 2.51 bits per heavy atom. The molecule has 0 saturated carbocycles. The van der Waals surface area contributed by atoms with Crippen LogP contribution in [-0.2, 0) is 4.79 Å². The van der Waals surface area contributed by atoms with Crippen LogP contribution in [0.4, 0.5) is 11.8 Å². The maximum absolute atomic E-state index is 12.0. The van der Waals surface area contributed by atoms with Gasteiger partial charge < -0.3 is 24.6 Å². The number of aliphatic carboxylic acids is 1. The summed E-state index contributed by atoms with van der Waals surface area (Å²) in [6, 6.07) is 10.4. The fourth-order valence-electron chi connectivity index (χ4n) is 4.74. The van der Waals surface area contributed by atoms with Crippen molar-refractivity contribution in [2.24, 2.45) is 0 Å². The molecule has 1 aliphatic rings. The number of hydrogen-bond donors (Lipinski definition) is 2. The molecule has 0 spiro atoms. The minimum Gasteiger partial charge on any atom is -0.506 e. The zero-order valence-corrected chi connectivity index (χ0v) is 20.1. The summed E-state index contributed by atoms with van der Waals surface area (Å²) >= 11 is 0. The Bertz CT molecular complexity index is 1590. The third-order valence-corrected chi connectivity index (χ3v) is 6.70. The zero-order valence-electron chi connectivity index (χ0n) is 20.1. The van der Waals surface area contributed by atoms with E-state index in [1.165, 1.54) is 12.5 Å². The van der Waals surface area contributed by atoms with Crippen LogP contribution in [-0.4, -0.2) is 76.6 Å². The average Bonchev–Trinajstić information content (AvgIpc) is 3.54. The number of carboxylic acids is 1. The molecule has 2 N–H and O–H groups in total. The number of hydrogen-bond acceptors (Lipinski definition) is 9. The summed E-state index contributed by atoms with van der Waals surface area (Å²) in [4.78, 5) is 34.8. The smallest absolute Gasteiger partial charge is 0.326 e. The van der Waals surface area contributed by atoms with Gasteiger partial charge in [-0.15, -0.1) is 0 Å². The summed E-state index contributed by atoms with van der Waals surface area (Å²) < 4.78 is 3.34. The van der Waals surface area contributed by atoms with E-state index in [-0.39, 0.29) is 5.75 Å². The summed E-state index contributed by atoms with van der Waals surface area (Å²) in [5.41, 5.74) is 1.82. The maximum atomic E-state index is 12.0. The van der Waals surface area contributed by atoms with Gasteiger partial charge in [0.25, 0.3) is 0 Å². The topological polar surface area (TPSA) is 138 Å². The lowest BCUT2D eigenvalue weighted by Gasteiger charge is -2.35. The molecular weight excluding hydrogens is 474 g/mol. The zero-order chi connectivity index (χ0) is 25.5. The number of carbonyl (C=O) groups is 1. The maximum Gasteiger partial charge on any atom is 0.326 e. The third kappa shape index (κ3) is 3.96. The number of aromatic hydroxyl groups is 1. The van der Waals surface area contributed by atoms with E-state index in [2.05, 4.69) is 24.9 Å². The molecule has 5 heterocycles. The number of rotatable bonds is 6. The van der Waals surface area contributed by atoms with Crippen LogP contribution in [0, 0.1) is 0 Å². The van der Waals surface area contributed by atoms with Gasteiger partial charge >= 0.3 is 5.97 Å². The van der Waals surface area contributed by atoms with Gasteiger partial charge in [-0.25, -0.2) is 19.4 Å². The second-order valence-corrected chi connectivity index (χ2v) is 8.90. The highest BCUT2D eigenvalue weighted by molar-refractivity contribution is 5.86. The van der Waals surface area contributed by atoms with E-state index in [1.807, 2.05) is 31.2 Å². The van der Waals surface area contributed by atoms with Gasteiger partial charge in [0.05, 0.1) is 24.2 Å². The van der Waals surface area contributed by atoms with Gasteiger partial charge in [0.15, 0.2) is 17.0 Å². The number of imidazole rings is 1. The highest BCUT2D eigenvalue weighted by Crippen LogP contribution is 2.28. The lowest BCUT2D eigenvalue weighted by molar-refractivity contribution is -0.140. The molecule has 12 heteroatoms. The Kier molecular flexibility index (Phi) is 5.55. The van der Waals surface area contributed by atoms with Crippen LogP contribution in [0.2, 0.25) is 0 Å². The van der Waals surface area contributed by atoms with Gasteiger partial charge in [0.1, 0.15) is 17.6 Å². The van der Waals surface area contributed by atoms with Crippen LogP contribution in [0.15, 0.2) is 55.1 Å². The van der Waals surface area contributed by atoms with Gasteiger partial charge in [0.2, 0.25) is 5.95 Å². The molecule has 0 aliphatic carbocycles. The molecule has 6 rings (SSSR count). The molecule has 1 saturated heterocycles. The van der Waals surface area contributed by atoms with E-state index in [0.717, 1.165) is 16.7 Å². The first-order chi connectivity index (χ1) is 18.0. The van der Waals surface area contributed by atoms with Crippen LogP contribution in [0.5, 0.6) is 5.75 Å². The van der Waals surface area contributed by atoms with Gasteiger partial charge in [-0.2, -0.15) is 15.1 Å². The second-order valence-electron chi connectivity index (χ2n) is 8.90. The molecule has 5 aromatic rings. The summed E-state index contributed by atoms with van der Waals surface area (Å²) in [6.07, 6.45) is 5.12. The number of nitrogens with zero attached hydrogens (tertiary/aromatic N) is 9. The van der Waals surface area contributed by atoms with Crippen molar-refractivity contribution in [3.8, 4) is 11.6 Å². The highest BCUT2D eigenvalue weighted by Gasteiger charge is 2.27. The Balaban J connectivity index is 1.42. The van der Waals surface area contributed by atoms with Crippen molar-refractivity contribution >= 4 is 39.8 Å². The number of pyridine rings is 1. The summed E-state index contributed by atoms with van der Waals surface area (Å²) in [5.74, 6) is 0.974. The molecule has 0 amide bonds. The molecule has 1 aromatic carbocycles. The molecular formula is C25H25N9O3. The van der Waals surface area contributed by atoms with E-state index < -0.39 is 12.0 Å². The molecule has 1 aliphatic heterocycles. The SMILES string of the molecule is CCC(C(=O)O)n1cnc2c(-n3ncc4ccccc43)nc(N3CCN(c4ccc(O)cn4)CC3)nc21. The van der Waals surface area contributed by atoms with Crippen molar-refractivity contribution < 1.29 is 15.0 Å². The number of aromatic nitrogens is 7. The van der Waals surface area contributed by atoms with E-state index in [0.29, 0.717) is 55.5 Å². The fourth-order valence-corrected chi connectivity index (χ4v) is 4.74. The van der Waals surface area contributed by atoms with Crippen molar-refractivity contribution in [3.63, 3.8) is 0 Å². The van der Waals surface area contributed by atoms with Crippen LogP contribution >= 0.6 is 0 Å². The summed E-state index contributed by atoms with van der Waals surface area (Å²) in [7, 11) is 0. The summed E-state index contributed by atoms with van der Waals surface area (Å²) in [6.45, 7) is 4.47. The molecule has 0 radical (unpaired) electrons. The Morgan fingerprint density at radius 2 is 1.78 bits per heavy atom. The molecule has 12 nitrogen and oxygen atoms in total. The predicted octanol–water partition coefficient (Wildman–Crippen LogP) is 2.63. The predicted molar refractivity (Wildman–Crippen MR) is 137 cm³/mol. The van der Waals surface area contributed by atoms with Crippen LogP contribution in [0.3, 0.4) is 0 Å². The molecule has 4 aromatic heterocycles. The first kappa shape index (κ1) is 22.7. The molecule has 37 heavy (non-hydrogen) atoms. The van der Waals surface area contributed by atoms with Gasteiger partial charge in [-0.3, -0.25) is 0 Å². The lowest BCUT2D eigenvalue weighted by Crippen LogP contribution is -2.47. The number of para-hydroxylation sites is 1. The lowest BCUT2D eigenvalue weighted by atomic mass is 10.2. The van der Waals surface area contributed by atoms with E-state index in [4.69, 9.17) is 9.97 Å². The van der Waals surface area contributed by atoms with Crippen molar-refractivity contribution in [2.75, 3.05) is 36.0 Å². The average molecular weight is 500 g/mol. The molecule has 1 atom stereocenters. The van der Waals surface area contributed by atoms with Crippen LogP contribution < -0.4 is 9.80 Å². The van der Waals surface area contributed by atoms with Crippen molar-refractivity contribution in [2.45, 2.75) is 19.4 Å². The number of benzene rings is 1. The van der Waals surface area contributed by atoms with Crippen molar-refractivity contribution in [1.82, 2.24) is 34.3 Å². The largest absolute Gasteiger partial charge is 0.506 e. The number of piperazine rings is 1. The standard InChI is InChI=1S/C25H25N9O3/c1-2-18(24(36)37)33-15-27-21-22(33)29-25(30-23(21)34-19-6-4-3-5-16(19)13-28-34)32-11-9-31(10-12-32)20-8-7-17(35)14-26-20/h3-8,13-15,18,35H,2,9-12H2,1H3,(H,36,37).